The van der Waals surface area contributed by atoms with Crippen molar-refractivity contribution in [3.8, 4) is 0 Å². The zero-order valence-corrected chi connectivity index (χ0v) is 10.9. The summed E-state index contributed by atoms with van der Waals surface area (Å²) in [5.41, 5.74) is 2.86. The third-order valence-electron chi connectivity index (χ3n) is 2.28. The summed E-state index contributed by atoms with van der Waals surface area (Å²) < 4.78 is 0. The van der Waals surface area contributed by atoms with Crippen molar-refractivity contribution in [2.45, 2.75) is 26.7 Å². The average molecular weight is 237 g/mol. The molecule has 0 aromatic heterocycles. The quantitative estimate of drug-likeness (QED) is 0.694. The van der Waals surface area contributed by atoms with Gasteiger partial charge in [0.05, 0.1) is 0 Å². The van der Waals surface area contributed by atoms with Gasteiger partial charge >= 0.3 is 0 Å². The zero-order chi connectivity index (χ0) is 10.2. The molecule has 0 unspecified atom stereocenters. The van der Waals surface area contributed by atoms with E-state index < -0.39 is 0 Å². The molecule has 0 nitrogen and oxygen atoms in total. The van der Waals surface area contributed by atoms with E-state index in [1.54, 1.807) is 0 Å². The predicted molar refractivity (Wildman–Crippen MR) is 62.8 cm³/mol. The summed E-state index contributed by atoms with van der Waals surface area (Å²) in [5, 5.41) is 0. The van der Waals surface area contributed by atoms with E-state index in [-0.39, 0.29) is 18.6 Å². The van der Waals surface area contributed by atoms with Crippen LogP contribution in [0.25, 0.3) is 0 Å². The van der Waals surface area contributed by atoms with Crippen LogP contribution in [0.3, 0.4) is 0 Å². The second-order valence-corrected chi connectivity index (χ2v) is 3.29. The summed E-state index contributed by atoms with van der Waals surface area (Å²) in [4.78, 5) is 0. The largest absolute Gasteiger partial charge is 0.748 e. The molecular weight excluding hydrogens is 219 g/mol. The number of rotatable bonds is 2. The number of hydrogen-bond donors (Lipinski definition) is 0. The minimum atomic E-state index is 0. The molecule has 0 aliphatic carbocycles. The van der Waals surface area contributed by atoms with Gasteiger partial charge < -0.3 is 29.8 Å². The van der Waals surface area contributed by atoms with E-state index in [4.69, 9.17) is 0 Å². The Balaban J connectivity index is 0.000000245. The molecule has 0 spiro atoms. The molecule has 0 aliphatic heterocycles. The van der Waals surface area contributed by atoms with Crippen molar-refractivity contribution in [2.75, 3.05) is 0 Å². The summed E-state index contributed by atoms with van der Waals surface area (Å²) in [6.45, 7) is 4.32. The van der Waals surface area contributed by atoms with Crippen molar-refractivity contribution in [3.05, 3.63) is 59.7 Å². The summed E-state index contributed by atoms with van der Waals surface area (Å²) in [7, 11) is 0. The van der Waals surface area contributed by atoms with Crippen LogP contribution in [0, 0.1) is 0 Å². The second-order valence-electron chi connectivity index (χ2n) is 3.29. The van der Waals surface area contributed by atoms with Gasteiger partial charge in [-0.25, -0.2) is 18.6 Å². The fourth-order valence-corrected chi connectivity index (χ4v) is 1.30. The third-order valence-corrected chi connectivity index (χ3v) is 2.28. The van der Waals surface area contributed by atoms with Crippen LogP contribution in [-0.2, 0) is 31.4 Å². The van der Waals surface area contributed by atoms with Gasteiger partial charge in [0.1, 0.15) is 0 Å². The van der Waals surface area contributed by atoms with Gasteiger partial charge in [0.25, 0.3) is 0 Å². The summed E-state index contributed by atoms with van der Waals surface area (Å²) in [6, 6.07) is 16.8. The molecule has 0 saturated carbocycles. The van der Waals surface area contributed by atoms with Crippen LogP contribution in [0.4, 0.5) is 0 Å². The van der Waals surface area contributed by atoms with E-state index in [1.165, 1.54) is 11.1 Å². The Hall–Kier alpha value is -0.716. The Bertz CT molecular complexity index is 269. The first kappa shape index (κ1) is 14.3. The maximum absolute atomic E-state index is 2.16. The minimum Gasteiger partial charge on any atom is -0.748 e. The van der Waals surface area contributed by atoms with Gasteiger partial charge in [0.15, 0.2) is 0 Å². The van der Waals surface area contributed by atoms with E-state index in [9.17, 15) is 0 Å². The molecule has 0 heterocycles. The van der Waals surface area contributed by atoms with Crippen molar-refractivity contribution in [1.29, 1.82) is 0 Å². The monoisotopic (exact) mass is 237 g/mol. The summed E-state index contributed by atoms with van der Waals surface area (Å²) in [6.07, 6.45) is 2.32. The molecule has 2 aromatic rings. The van der Waals surface area contributed by atoms with Crippen molar-refractivity contribution in [1.82, 2.24) is 0 Å². The van der Waals surface area contributed by atoms with Crippen molar-refractivity contribution < 1.29 is 18.6 Å². The van der Waals surface area contributed by atoms with Crippen molar-refractivity contribution in [3.63, 3.8) is 0 Å². The molecule has 15 heavy (non-hydrogen) atoms. The molecule has 1 radical (unpaired) electrons. The summed E-state index contributed by atoms with van der Waals surface area (Å²) >= 11 is 0. The molecule has 2 rings (SSSR count). The van der Waals surface area contributed by atoms with Crippen LogP contribution in [0.15, 0.2) is 48.5 Å². The standard InChI is InChI=1S/2C7H9.V/c2*1-2-7-5-3-4-6-7;/h2*3-6H,2H2,1H3;/q-5;-1;. The van der Waals surface area contributed by atoms with Crippen LogP contribution in [0.1, 0.15) is 25.0 Å². The maximum Gasteiger partial charge on any atom is 0 e. The molecule has 0 amide bonds. The van der Waals surface area contributed by atoms with Crippen LogP contribution in [0.5, 0.6) is 0 Å². The van der Waals surface area contributed by atoms with Gasteiger partial charge in [-0.2, -0.15) is 17.7 Å². The average Bonchev–Trinajstić information content (AvgIpc) is 2.92. The van der Waals surface area contributed by atoms with Gasteiger partial charge in [-0.15, -0.1) is 0 Å². The molecule has 85 valence electrons. The van der Waals surface area contributed by atoms with Crippen molar-refractivity contribution >= 4 is 0 Å². The van der Waals surface area contributed by atoms with E-state index in [1.807, 2.05) is 0 Å². The normalized spacial score (nSPS) is 8.67. The maximum atomic E-state index is 2.16. The first-order valence-electron chi connectivity index (χ1n) is 5.28. The molecule has 0 N–H and O–H groups in total. The summed E-state index contributed by atoms with van der Waals surface area (Å²) in [5.74, 6) is 0. The first-order chi connectivity index (χ1) is 6.86. The number of aryl methyl sites for hydroxylation is 2. The predicted octanol–water partition coefficient (Wildman–Crippen LogP) is 3.93. The van der Waals surface area contributed by atoms with Gasteiger partial charge in [-0.05, 0) is 0 Å². The fraction of sp³-hybridized carbons (Fsp3) is 0.286. The Kier molecular flexibility index (Phi) is 8.17. The second kappa shape index (κ2) is 8.58. The molecule has 0 aliphatic rings. The zero-order valence-electron chi connectivity index (χ0n) is 9.48. The Labute approximate surface area is 105 Å². The molecule has 0 fully saturated rings. The van der Waals surface area contributed by atoms with E-state index in [0.717, 1.165) is 12.8 Å². The third kappa shape index (κ3) is 5.66. The van der Waals surface area contributed by atoms with Crippen LogP contribution in [0.2, 0.25) is 0 Å². The van der Waals surface area contributed by atoms with E-state index >= 15 is 0 Å². The SMILES string of the molecule is CC[c-]1[cH-][cH-][cH-][cH-]1.CC[c-]1cccc1.[V]. The Morgan fingerprint density at radius 2 is 1.47 bits per heavy atom. The minimum absolute atomic E-state index is 0. The fourth-order valence-electron chi connectivity index (χ4n) is 1.30. The van der Waals surface area contributed by atoms with Crippen LogP contribution < -0.4 is 0 Å². The molecule has 0 atom stereocenters. The smallest absolute Gasteiger partial charge is 0 e. The first-order valence-corrected chi connectivity index (χ1v) is 5.28. The molecule has 0 saturated heterocycles. The Morgan fingerprint density at radius 1 is 0.933 bits per heavy atom. The van der Waals surface area contributed by atoms with Crippen LogP contribution >= 0.6 is 0 Å². The van der Waals surface area contributed by atoms with E-state index in [2.05, 4.69) is 62.4 Å². The topological polar surface area (TPSA) is 0 Å². The van der Waals surface area contributed by atoms with Crippen LogP contribution in [-0.4, -0.2) is 0 Å². The molecular formula is C14H18V-6. The molecule has 1 heteroatoms. The molecule has 0 bridgehead atoms. The van der Waals surface area contributed by atoms with Crippen molar-refractivity contribution in [2.24, 2.45) is 0 Å². The van der Waals surface area contributed by atoms with Gasteiger partial charge in [0, 0.05) is 18.6 Å². The Morgan fingerprint density at radius 3 is 1.73 bits per heavy atom. The van der Waals surface area contributed by atoms with Gasteiger partial charge in [-0.3, -0.25) is 0 Å². The number of hydrogen-bond acceptors (Lipinski definition) is 0. The molecule has 2 aromatic carbocycles. The van der Waals surface area contributed by atoms with Gasteiger partial charge in [-0.1, -0.05) is 20.3 Å². The van der Waals surface area contributed by atoms with E-state index in [0.29, 0.717) is 0 Å². The van der Waals surface area contributed by atoms with Gasteiger partial charge in [0.2, 0.25) is 0 Å².